The van der Waals surface area contributed by atoms with Crippen LogP contribution >= 0.6 is 0 Å². The lowest BCUT2D eigenvalue weighted by Gasteiger charge is -2.30. The van der Waals surface area contributed by atoms with E-state index in [1.165, 1.54) is 11.8 Å². The standard InChI is InChI=1S/C14H23F3N2O4S/c1-4-19(10(3)8-24(22,23)5-2)13(21)11-6-12(20)18(7-11)9-14(15,16)17/h10-11H,4-9H2,1-3H3. The summed E-state index contributed by atoms with van der Waals surface area (Å²) in [4.78, 5) is 26.2. The number of sulfone groups is 1. The number of alkyl halides is 3. The maximum Gasteiger partial charge on any atom is 0.406 e. The van der Waals surface area contributed by atoms with Gasteiger partial charge in [0, 0.05) is 31.3 Å². The van der Waals surface area contributed by atoms with Gasteiger partial charge in [0.1, 0.15) is 6.54 Å². The lowest BCUT2D eigenvalue weighted by atomic mass is 10.1. The highest BCUT2D eigenvalue weighted by atomic mass is 32.2. The molecule has 1 rings (SSSR count). The van der Waals surface area contributed by atoms with E-state index in [1.54, 1.807) is 13.8 Å². The average molecular weight is 372 g/mol. The molecule has 0 aromatic heterocycles. The smallest absolute Gasteiger partial charge is 0.339 e. The van der Waals surface area contributed by atoms with Crippen molar-refractivity contribution in [2.75, 3.05) is 31.1 Å². The molecule has 10 heteroatoms. The average Bonchev–Trinajstić information content (AvgIpc) is 2.78. The van der Waals surface area contributed by atoms with Crippen molar-refractivity contribution in [3.8, 4) is 0 Å². The topological polar surface area (TPSA) is 74.8 Å². The molecule has 24 heavy (non-hydrogen) atoms. The molecule has 2 atom stereocenters. The normalized spacial score (nSPS) is 20.3. The molecule has 0 aromatic carbocycles. The quantitative estimate of drug-likeness (QED) is 0.670. The molecule has 2 amide bonds. The Morgan fingerprint density at radius 1 is 1.38 bits per heavy atom. The van der Waals surface area contributed by atoms with Crippen LogP contribution in [0.15, 0.2) is 0 Å². The molecule has 6 nitrogen and oxygen atoms in total. The lowest BCUT2D eigenvalue weighted by Crippen LogP contribution is -2.46. The van der Waals surface area contributed by atoms with Crippen LogP contribution in [0.4, 0.5) is 13.2 Å². The summed E-state index contributed by atoms with van der Waals surface area (Å²) in [7, 11) is -3.30. The summed E-state index contributed by atoms with van der Waals surface area (Å²) in [6.07, 6.45) is -4.79. The number of hydrogen-bond acceptors (Lipinski definition) is 4. The van der Waals surface area contributed by atoms with Crippen molar-refractivity contribution in [2.45, 2.75) is 39.4 Å². The molecule has 2 unspecified atom stereocenters. The van der Waals surface area contributed by atoms with Gasteiger partial charge in [0.05, 0.1) is 11.7 Å². The second-order valence-corrected chi connectivity index (χ2v) is 8.36. The molecule has 0 spiro atoms. The van der Waals surface area contributed by atoms with E-state index < -0.39 is 46.3 Å². The molecule has 0 aliphatic carbocycles. The van der Waals surface area contributed by atoms with Crippen LogP contribution in [0.25, 0.3) is 0 Å². The Labute approximate surface area is 139 Å². The summed E-state index contributed by atoms with van der Waals surface area (Å²) >= 11 is 0. The van der Waals surface area contributed by atoms with Crippen LogP contribution in [0.3, 0.4) is 0 Å². The van der Waals surface area contributed by atoms with Gasteiger partial charge < -0.3 is 9.80 Å². The zero-order valence-electron chi connectivity index (χ0n) is 14.0. The maximum atomic E-state index is 12.5. The Hall–Kier alpha value is -1.32. The van der Waals surface area contributed by atoms with Gasteiger partial charge in [0.25, 0.3) is 0 Å². The minimum absolute atomic E-state index is 0.0512. The molecular weight excluding hydrogens is 349 g/mol. The molecule has 140 valence electrons. The van der Waals surface area contributed by atoms with E-state index in [-0.39, 0.29) is 31.0 Å². The van der Waals surface area contributed by atoms with E-state index in [4.69, 9.17) is 0 Å². The monoisotopic (exact) mass is 372 g/mol. The summed E-state index contributed by atoms with van der Waals surface area (Å²) in [5, 5.41) is 0. The highest BCUT2D eigenvalue weighted by Gasteiger charge is 2.42. The Balaban J connectivity index is 2.79. The van der Waals surface area contributed by atoms with Crippen LogP contribution in [-0.4, -0.2) is 73.4 Å². The first-order valence-corrected chi connectivity index (χ1v) is 9.57. The first-order chi connectivity index (χ1) is 10.9. The van der Waals surface area contributed by atoms with Crippen molar-refractivity contribution in [1.82, 2.24) is 9.80 Å². The Morgan fingerprint density at radius 3 is 2.42 bits per heavy atom. The molecule has 1 fully saturated rings. The fraction of sp³-hybridized carbons (Fsp3) is 0.857. The van der Waals surface area contributed by atoms with Crippen molar-refractivity contribution >= 4 is 21.7 Å². The van der Waals surface area contributed by atoms with Crippen LogP contribution in [-0.2, 0) is 19.4 Å². The summed E-state index contributed by atoms with van der Waals surface area (Å²) < 4.78 is 60.7. The molecule has 0 radical (unpaired) electrons. The molecule has 1 heterocycles. The zero-order valence-corrected chi connectivity index (χ0v) is 14.8. The SMILES string of the molecule is CCN(C(=O)C1CC(=O)N(CC(F)(F)F)C1)C(C)CS(=O)(=O)CC. The molecule has 0 N–H and O–H groups in total. The second kappa shape index (κ2) is 7.71. The van der Waals surface area contributed by atoms with Gasteiger partial charge in [0.15, 0.2) is 9.84 Å². The highest BCUT2D eigenvalue weighted by molar-refractivity contribution is 7.91. The van der Waals surface area contributed by atoms with E-state index in [2.05, 4.69) is 0 Å². The molecule has 0 aromatic rings. The summed E-state index contributed by atoms with van der Waals surface area (Å²) in [6, 6.07) is -0.598. The van der Waals surface area contributed by atoms with Gasteiger partial charge >= 0.3 is 6.18 Å². The minimum Gasteiger partial charge on any atom is -0.339 e. The van der Waals surface area contributed by atoms with Gasteiger partial charge in [-0.2, -0.15) is 13.2 Å². The second-order valence-electron chi connectivity index (χ2n) is 5.96. The van der Waals surface area contributed by atoms with Crippen molar-refractivity contribution in [2.24, 2.45) is 5.92 Å². The van der Waals surface area contributed by atoms with E-state index in [1.807, 2.05) is 0 Å². The van der Waals surface area contributed by atoms with E-state index >= 15 is 0 Å². The third kappa shape index (κ3) is 5.64. The first-order valence-electron chi connectivity index (χ1n) is 7.75. The van der Waals surface area contributed by atoms with E-state index in [9.17, 15) is 31.2 Å². The number of likely N-dealkylation sites (tertiary alicyclic amines) is 1. The van der Waals surface area contributed by atoms with Crippen molar-refractivity contribution < 1.29 is 31.2 Å². The van der Waals surface area contributed by atoms with Crippen molar-refractivity contribution in [3.05, 3.63) is 0 Å². The van der Waals surface area contributed by atoms with Crippen LogP contribution < -0.4 is 0 Å². The van der Waals surface area contributed by atoms with E-state index in [0.29, 0.717) is 4.90 Å². The number of amides is 2. The number of carbonyl (C=O) groups is 2. The third-order valence-electron chi connectivity index (χ3n) is 4.02. The number of rotatable bonds is 7. The van der Waals surface area contributed by atoms with Crippen LogP contribution in [0, 0.1) is 5.92 Å². The maximum absolute atomic E-state index is 12.5. The van der Waals surface area contributed by atoms with Crippen LogP contribution in [0.2, 0.25) is 0 Å². The summed E-state index contributed by atoms with van der Waals surface area (Å²) in [6.45, 7) is 3.31. The fourth-order valence-corrected chi connectivity index (χ4v) is 3.95. The number of halogens is 3. The predicted octanol–water partition coefficient (Wildman–Crippen LogP) is 1.07. The molecule has 0 bridgehead atoms. The number of carbonyl (C=O) groups excluding carboxylic acids is 2. The van der Waals surface area contributed by atoms with Crippen molar-refractivity contribution in [3.63, 3.8) is 0 Å². The predicted molar refractivity (Wildman–Crippen MR) is 81.9 cm³/mol. The molecule has 1 saturated heterocycles. The summed E-state index contributed by atoms with van der Waals surface area (Å²) in [5.41, 5.74) is 0. The minimum atomic E-state index is -4.51. The summed E-state index contributed by atoms with van der Waals surface area (Å²) in [5.74, 6) is -2.32. The van der Waals surface area contributed by atoms with Crippen LogP contribution in [0.5, 0.6) is 0 Å². The third-order valence-corrected chi connectivity index (χ3v) is 5.89. The lowest BCUT2D eigenvalue weighted by molar-refractivity contribution is -0.157. The molecular formula is C14H23F3N2O4S. The number of hydrogen-bond donors (Lipinski definition) is 0. The van der Waals surface area contributed by atoms with Gasteiger partial charge in [-0.1, -0.05) is 6.92 Å². The molecule has 1 aliphatic rings. The van der Waals surface area contributed by atoms with Gasteiger partial charge in [-0.05, 0) is 13.8 Å². The Kier molecular flexibility index (Phi) is 6.66. The zero-order chi connectivity index (χ0) is 18.7. The molecule has 0 saturated carbocycles. The molecule has 1 aliphatic heterocycles. The first kappa shape index (κ1) is 20.7. The largest absolute Gasteiger partial charge is 0.406 e. The Morgan fingerprint density at radius 2 is 1.96 bits per heavy atom. The van der Waals surface area contributed by atoms with Gasteiger partial charge in [0.2, 0.25) is 11.8 Å². The van der Waals surface area contributed by atoms with Gasteiger partial charge in [-0.15, -0.1) is 0 Å². The number of nitrogens with zero attached hydrogens (tertiary/aromatic N) is 2. The van der Waals surface area contributed by atoms with Crippen LogP contribution in [0.1, 0.15) is 27.2 Å². The highest BCUT2D eigenvalue weighted by Crippen LogP contribution is 2.25. The van der Waals surface area contributed by atoms with E-state index in [0.717, 1.165) is 0 Å². The Bertz CT molecular complexity index is 577. The fourth-order valence-electron chi connectivity index (χ4n) is 2.80. The van der Waals surface area contributed by atoms with Gasteiger partial charge in [-0.3, -0.25) is 9.59 Å². The van der Waals surface area contributed by atoms with Crippen molar-refractivity contribution in [1.29, 1.82) is 0 Å². The van der Waals surface area contributed by atoms with Gasteiger partial charge in [-0.25, -0.2) is 8.42 Å².